The Morgan fingerprint density at radius 2 is 1.63 bits per heavy atom. The van der Waals surface area contributed by atoms with E-state index in [0.29, 0.717) is 0 Å². The van der Waals surface area contributed by atoms with Gasteiger partial charge in [0.15, 0.2) is 0 Å². The highest BCUT2D eigenvalue weighted by Crippen LogP contribution is 2.23. The summed E-state index contributed by atoms with van der Waals surface area (Å²) < 4.78 is 5.80. The maximum atomic E-state index is 9.11. The second-order valence-corrected chi connectivity index (χ2v) is 4.34. The summed E-state index contributed by atoms with van der Waals surface area (Å²) in [5.41, 5.74) is 2.04. The number of ether oxygens (including phenoxy) is 1. The Kier molecular flexibility index (Phi) is 4.95. The molecule has 0 aliphatic heterocycles. The number of rotatable bonds is 6. The molecule has 0 spiro atoms. The molecule has 0 saturated carbocycles. The van der Waals surface area contributed by atoms with Crippen LogP contribution < -0.4 is 10.1 Å². The van der Waals surface area contributed by atoms with E-state index in [1.54, 1.807) is 0 Å². The van der Waals surface area contributed by atoms with Crippen molar-refractivity contribution in [3.05, 3.63) is 59.7 Å². The molecule has 0 fully saturated rings. The van der Waals surface area contributed by atoms with Gasteiger partial charge in [0.05, 0.1) is 6.61 Å². The normalized spacial score (nSPS) is 10.4. The minimum atomic E-state index is 0.0255. The Hall–Kier alpha value is -1.84. The molecule has 0 aliphatic carbocycles. The molecule has 0 heterocycles. The van der Waals surface area contributed by atoms with Gasteiger partial charge in [-0.05, 0) is 41.9 Å². The first kappa shape index (κ1) is 13.6. The van der Waals surface area contributed by atoms with Crippen molar-refractivity contribution in [3.63, 3.8) is 0 Å². The van der Waals surface area contributed by atoms with Crippen LogP contribution in [0.1, 0.15) is 18.1 Å². The van der Waals surface area contributed by atoms with E-state index in [1.165, 1.54) is 5.56 Å². The van der Waals surface area contributed by atoms with E-state index in [1.807, 2.05) is 42.5 Å². The number of nitrogens with one attached hydrogen (secondary N) is 1. The third-order valence-electron chi connectivity index (χ3n) is 2.79. The zero-order valence-corrected chi connectivity index (χ0v) is 11.1. The van der Waals surface area contributed by atoms with E-state index in [0.717, 1.165) is 30.2 Å². The third kappa shape index (κ3) is 4.09. The highest BCUT2D eigenvalue weighted by Gasteiger charge is 2.00. The van der Waals surface area contributed by atoms with Crippen molar-refractivity contribution in [2.24, 2.45) is 0 Å². The molecule has 3 heteroatoms. The average molecular weight is 257 g/mol. The van der Waals surface area contributed by atoms with Crippen LogP contribution in [-0.2, 0) is 13.2 Å². The lowest BCUT2D eigenvalue weighted by Crippen LogP contribution is -2.11. The lowest BCUT2D eigenvalue weighted by Gasteiger charge is -2.09. The van der Waals surface area contributed by atoms with Gasteiger partial charge in [0, 0.05) is 6.54 Å². The molecule has 0 saturated heterocycles. The first-order valence-corrected chi connectivity index (χ1v) is 6.49. The van der Waals surface area contributed by atoms with Crippen molar-refractivity contribution in [1.82, 2.24) is 5.32 Å². The summed E-state index contributed by atoms with van der Waals surface area (Å²) in [7, 11) is 0. The van der Waals surface area contributed by atoms with E-state index in [-0.39, 0.29) is 6.61 Å². The number of hydrogen-bond acceptors (Lipinski definition) is 3. The van der Waals surface area contributed by atoms with Gasteiger partial charge in [-0.15, -0.1) is 0 Å². The van der Waals surface area contributed by atoms with Gasteiger partial charge in [-0.3, -0.25) is 0 Å². The van der Waals surface area contributed by atoms with E-state index >= 15 is 0 Å². The molecular weight excluding hydrogens is 238 g/mol. The summed E-state index contributed by atoms with van der Waals surface area (Å²) in [4.78, 5) is 0. The molecule has 0 aliphatic rings. The quantitative estimate of drug-likeness (QED) is 0.835. The molecular formula is C16H19NO2. The summed E-state index contributed by atoms with van der Waals surface area (Å²) in [6.45, 7) is 3.90. The molecule has 2 N–H and O–H groups in total. The smallest absolute Gasteiger partial charge is 0.127 e. The topological polar surface area (TPSA) is 41.5 Å². The van der Waals surface area contributed by atoms with Crippen molar-refractivity contribution in [3.8, 4) is 11.5 Å². The SMILES string of the molecule is CCNCc1cccc(Oc2cccc(CO)c2)c1. The van der Waals surface area contributed by atoms with Crippen LogP contribution in [0.3, 0.4) is 0 Å². The van der Waals surface area contributed by atoms with Crippen LogP contribution in [0.5, 0.6) is 11.5 Å². The van der Waals surface area contributed by atoms with Gasteiger partial charge in [-0.25, -0.2) is 0 Å². The van der Waals surface area contributed by atoms with Gasteiger partial charge in [0.2, 0.25) is 0 Å². The van der Waals surface area contributed by atoms with Crippen LogP contribution in [0.15, 0.2) is 48.5 Å². The Morgan fingerprint density at radius 1 is 1.00 bits per heavy atom. The van der Waals surface area contributed by atoms with Gasteiger partial charge < -0.3 is 15.2 Å². The standard InChI is InChI=1S/C16H19NO2/c1-2-17-11-13-5-3-7-15(9-13)19-16-8-4-6-14(10-16)12-18/h3-10,17-18H,2,11-12H2,1H3. The lowest BCUT2D eigenvalue weighted by atomic mass is 10.2. The van der Waals surface area contributed by atoms with E-state index in [4.69, 9.17) is 9.84 Å². The van der Waals surface area contributed by atoms with Gasteiger partial charge in [0.25, 0.3) is 0 Å². The summed E-state index contributed by atoms with van der Waals surface area (Å²) in [5.74, 6) is 1.55. The molecule has 0 radical (unpaired) electrons. The van der Waals surface area contributed by atoms with Crippen LogP contribution in [-0.4, -0.2) is 11.7 Å². The largest absolute Gasteiger partial charge is 0.457 e. The van der Waals surface area contributed by atoms with E-state index in [9.17, 15) is 0 Å². The van der Waals surface area contributed by atoms with Crippen molar-refractivity contribution >= 4 is 0 Å². The fraction of sp³-hybridized carbons (Fsp3) is 0.250. The van der Waals surface area contributed by atoms with Crippen molar-refractivity contribution < 1.29 is 9.84 Å². The van der Waals surface area contributed by atoms with Crippen molar-refractivity contribution in [1.29, 1.82) is 0 Å². The maximum Gasteiger partial charge on any atom is 0.127 e. The maximum absolute atomic E-state index is 9.11. The number of benzene rings is 2. The van der Waals surface area contributed by atoms with Crippen LogP contribution in [0.25, 0.3) is 0 Å². The Bertz CT molecular complexity index is 526. The number of aliphatic hydroxyl groups is 1. The van der Waals surface area contributed by atoms with Crippen LogP contribution in [0.2, 0.25) is 0 Å². The molecule has 0 amide bonds. The Balaban J connectivity index is 2.09. The molecule has 3 nitrogen and oxygen atoms in total. The fourth-order valence-electron chi connectivity index (χ4n) is 1.83. The summed E-state index contributed by atoms with van der Waals surface area (Å²) in [5, 5.41) is 12.4. The van der Waals surface area contributed by atoms with Gasteiger partial charge in [-0.1, -0.05) is 31.2 Å². The average Bonchev–Trinajstić information content (AvgIpc) is 2.46. The predicted molar refractivity (Wildman–Crippen MR) is 76.3 cm³/mol. The van der Waals surface area contributed by atoms with E-state index in [2.05, 4.69) is 18.3 Å². The van der Waals surface area contributed by atoms with Crippen LogP contribution in [0.4, 0.5) is 0 Å². The lowest BCUT2D eigenvalue weighted by molar-refractivity contribution is 0.281. The summed E-state index contributed by atoms with van der Waals surface area (Å²) in [6, 6.07) is 15.5. The molecule has 19 heavy (non-hydrogen) atoms. The van der Waals surface area contributed by atoms with Crippen LogP contribution in [0, 0.1) is 0 Å². The monoisotopic (exact) mass is 257 g/mol. The zero-order chi connectivity index (χ0) is 13.5. The minimum absolute atomic E-state index is 0.0255. The first-order chi connectivity index (χ1) is 9.31. The molecule has 2 rings (SSSR count). The zero-order valence-electron chi connectivity index (χ0n) is 11.1. The van der Waals surface area contributed by atoms with Gasteiger partial charge >= 0.3 is 0 Å². The highest BCUT2D eigenvalue weighted by atomic mass is 16.5. The van der Waals surface area contributed by atoms with Crippen molar-refractivity contribution in [2.45, 2.75) is 20.1 Å². The summed E-state index contributed by atoms with van der Waals surface area (Å²) >= 11 is 0. The highest BCUT2D eigenvalue weighted by molar-refractivity contribution is 5.35. The Morgan fingerprint density at radius 3 is 2.26 bits per heavy atom. The van der Waals surface area contributed by atoms with Gasteiger partial charge in [-0.2, -0.15) is 0 Å². The molecule has 2 aromatic carbocycles. The second-order valence-electron chi connectivity index (χ2n) is 4.34. The predicted octanol–water partition coefficient (Wildman–Crippen LogP) is 3.08. The summed E-state index contributed by atoms with van der Waals surface area (Å²) in [6.07, 6.45) is 0. The second kappa shape index (κ2) is 6.92. The number of hydrogen-bond donors (Lipinski definition) is 2. The number of aliphatic hydroxyl groups excluding tert-OH is 1. The Labute approximate surface area is 113 Å². The molecule has 0 bridgehead atoms. The van der Waals surface area contributed by atoms with Gasteiger partial charge in [0.1, 0.15) is 11.5 Å². The molecule has 0 aromatic heterocycles. The van der Waals surface area contributed by atoms with Crippen LogP contribution >= 0.6 is 0 Å². The minimum Gasteiger partial charge on any atom is -0.457 e. The first-order valence-electron chi connectivity index (χ1n) is 6.49. The fourth-order valence-corrected chi connectivity index (χ4v) is 1.83. The van der Waals surface area contributed by atoms with Crippen molar-refractivity contribution in [2.75, 3.05) is 6.54 Å². The molecule has 0 unspecified atom stereocenters. The third-order valence-corrected chi connectivity index (χ3v) is 2.79. The molecule has 100 valence electrons. The molecule has 0 atom stereocenters. The molecule has 2 aromatic rings. The van der Waals surface area contributed by atoms with E-state index < -0.39 is 0 Å².